The Kier molecular flexibility index (Phi) is 3.95. The van der Waals surface area contributed by atoms with Crippen LogP contribution < -0.4 is 5.73 Å². The van der Waals surface area contributed by atoms with Crippen molar-refractivity contribution >= 4 is 5.84 Å². The number of aryl methyl sites for hydroxylation is 2. The van der Waals surface area contributed by atoms with Gasteiger partial charge in [0, 0.05) is 12.0 Å². The Hall–Kier alpha value is -1.35. The first-order chi connectivity index (χ1) is 8.90. The molecular weight excluding hydrogens is 234 g/mol. The number of nitrogens with two attached hydrogens (primary N) is 1. The molecule has 3 heteroatoms. The molecule has 0 radical (unpaired) electrons. The zero-order chi connectivity index (χ0) is 14.0. The number of nitrogens with one attached hydrogen (secondary N) is 1. The summed E-state index contributed by atoms with van der Waals surface area (Å²) < 4.78 is 0. The topological polar surface area (TPSA) is 53.1 Å². The predicted molar refractivity (Wildman–Crippen MR) is 80.4 cm³/mol. The summed E-state index contributed by atoms with van der Waals surface area (Å²) >= 11 is 0. The van der Waals surface area contributed by atoms with E-state index in [-0.39, 0.29) is 5.41 Å². The van der Waals surface area contributed by atoms with E-state index in [2.05, 4.69) is 43.9 Å². The molecule has 2 rings (SSSR count). The first kappa shape index (κ1) is 14.1. The third kappa shape index (κ3) is 3.16. The van der Waals surface area contributed by atoms with Gasteiger partial charge < -0.3 is 5.73 Å². The Morgan fingerprint density at radius 1 is 1.32 bits per heavy atom. The Bertz CT molecular complexity index is 471. The zero-order valence-corrected chi connectivity index (χ0v) is 12.3. The highest BCUT2D eigenvalue weighted by atomic mass is 15.1. The number of piperidine rings is 1. The fraction of sp³-hybridized carbons (Fsp3) is 0.562. The van der Waals surface area contributed by atoms with Gasteiger partial charge in [0.2, 0.25) is 0 Å². The van der Waals surface area contributed by atoms with Crippen molar-refractivity contribution in [2.75, 3.05) is 13.1 Å². The smallest absolute Gasteiger partial charge is 0.0966 e. The number of benzene rings is 1. The number of hydrogen-bond donors (Lipinski definition) is 2. The van der Waals surface area contributed by atoms with E-state index < -0.39 is 0 Å². The number of rotatable bonds is 3. The summed E-state index contributed by atoms with van der Waals surface area (Å²) in [5.74, 6) is 0.346. The van der Waals surface area contributed by atoms with Crippen LogP contribution in [0.1, 0.15) is 36.5 Å². The molecule has 0 atom stereocenters. The summed E-state index contributed by atoms with van der Waals surface area (Å²) in [5, 5.41) is 7.69. The van der Waals surface area contributed by atoms with Crippen LogP contribution in [0.3, 0.4) is 0 Å². The minimum atomic E-state index is -0.0852. The van der Waals surface area contributed by atoms with Gasteiger partial charge in [-0.15, -0.1) is 0 Å². The maximum Gasteiger partial charge on any atom is 0.0966 e. The highest BCUT2D eigenvalue weighted by molar-refractivity contribution is 5.83. The van der Waals surface area contributed by atoms with E-state index in [1.54, 1.807) is 0 Å². The van der Waals surface area contributed by atoms with Gasteiger partial charge in [0.25, 0.3) is 0 Å². The molecule has 1 aromatic rings. The molecule has 0 aromatic heterocycles. The first-order valence-corrected chi connectivity index (χ1v) is 7.04. The molecule has 0 bridgehead atoms. The van der Waals surface area contributed by atoms with Crippen molar-refractivity contribution in [3.63, 3.8) is 0 Å². The third-order valence-electron chi connectivity index (χ3n) is 4.51. The van der Waals surface area contributed by atoms with Gasteiger partial charge in [-0.05, 0) is 50.9 Å². The van der Waals surface area contributed by atoms with E-state index >= 15 is 0 Å². The molecule has 1 aromatic carbocycles. The Morgan fingerprint density at radius 2 is 1.95 bits per heavy atom. The molecule has 3 N–H and O–H groups in total. The van der Waals surface area contributed by atoms with E-state index in [0.717, 1.165) is 32.5 Å². The van der Waals surface area contributed by atoms with Crippen molar-refractivity contribution in [1.82, 2.24) is 4.90 Å². The standard InChI is InChI=1S/C16H25N3/c1-12-4-5-13(2)14(10-12)11-19-8-6-16(3,7-9-19)15(17)18/h4-5,10H,6-9,11H2,1-3H3,(H3,17,18). The Labute approximate surface area is 116 Å². The number of likely N-dealkylation sites (tertiary alicyclic amines) is 1. The van der Waals surface area contributed by atoms with E-state index in [9.17, 15) is 0 Å². The molecule has 0 spiro atoms. The molecule has 1 aliphatic rings. The molecular formula is C16H25N3. The Balaban J connectivity index is 1.99. The second kappa shape index (κ2) is 5.33. The van der Waals surface area contributed by atoms with Crippen LogP contribution in [0, 0.1) is 24.7 Å². The fourth-order valence-corrected chi connectivity index (χ4v) is 2.69. The molecule has 104 valence electrons. The lowest BCUT2D eigenvalue weighted by Crippen LogP contribution is -2.44. The average molecular weight is 259 g/mol. The van der Waals surface area contributed by atoms with Crippen LogP contribution in [0.4, 0.5) is 0 Å². The van der Waals surface area contributed by atoms with Gasteiger partial charge in [-0.3, -0.25) is 10.3 Å². The number of amidine groups is 1. The number of nitrogens with zero attached hydrogens (tertiary/aromatic N) is 1. The summed E-state index contributed by atoms with van der Waals surface area (Å²) in [6.45, 7) is 9.52. The van der Waals surface area contributed by atoms with Crippen LogP contribution in [0.25, 0.3) is 0 Å². The Morgan fingerprint density at radius 3 is 2.53 bits per heavy atom. The van der Waals surface area contributed by atoms with Crippen molar-refractivity contribution < 1.29 is 0 Å². The lowest BCUT2D eigenvalue weighted by molar-refractivity contribution is 0.156. The average Bonchev–Trinajstić information content (AvgIpc) is 2.36. The van der Waals surface area contributed by atoms with Crippen molar-refractivity contribution in [1.29, 1.82) is 5.41 Å². The van der Waals surface area contributed by atoms with Crippen LogP contribution in [-0.4, -0.2) is 23.8 Å². The quantitative estimate of drug-likeness (QED) is 0.648. The van der Waals surface area contributed by atoms with Crippen LogP contribution in [0.15, 0.2) is 18.2 Å². The number of hydrogen-bond acceptors (Lipinski definition) is 2. The first-order valence-electron chi connectivity index (χ1n) is 7.04. The molecule has 0 saturated carbocycles. The summed E-state index contributed by atoms with van der Waals surface area (Å²) in [5.41, 5.74) is 9.74. The molecule has 1 saturated heterocycles. The van der Waals surface area contributed by atoms with Crippen LogP contribution >= 0.6 is 0 Å². The van der Waals surface area contributed by atoms with Crippen molar-refractivity contribution in [2.24, 2.45) is 11.1 Å². The van der Waals surface area contributed by atoms with Gasteiger partial charge in [-0.25, -0.2) is 0 Å². The third-order valence-corrected chi connectivity index (χ3v) is 4.51. The minimum absolute atomic E-state index is 0.0852. The van der Waals surface area contributed by atoms with Gasteiger partial charge in [0.05, 0.1) is 5.84 Å². The maximum absolute atomic E-state index is 7.69. The largest absolute Gasteiger partial charge is 0.387 e. The lowest BCUT2D eigenvalue weighted by Gasteiger charge is -2.38. The van der Waals surface area contributed by atoms with E-state index in [1.807, 2.05) is 0 Å². The predicted octanol–water partition coefficient (Wildman–Crippen LogP) is 2.84. The summed E-state index contributed by atoms with van der Waals surface area (Å²) in [6.07, 6.45) is 1.99. The van der Waals surface area contributed by atoms with Gasteiger partial charge in [-0.2, -0.15) is 0 Å². The van der Waals surface area contributed by atoms with Crippen molar-refractivity contribution in [2.45, 2.75) is 40.2 Å². The van der Waals surface area contributed by atoms with Crippen LogP contribution in [0.2, 0.25) is 0 Å². The normalized spacial score (nSPS) is 19.3. The molecule has 0 amide bonds. The van der Waals surface area contributed by atoms with Crippen LogP contribution in [-0.2, 0) is 6.54 Å². The van der Waals surface area contributed by atoms with Crippen LogP contribution in [0.5, 0.6) is 0 Å². The summed E-state index contributed by atoms with van der Waals surface area (Å²) in [7, 11) is 0. The maximum atomic E-state index is 7.69. The molecule has 1 aliphatic heterocycles. The van der Waals surface area contributed by atoms with E-state index in [0.29, 0.717) is 5.84 Å². The minimum Gasteiger partial charge on any atom is -0.387 e. The van der Waals surface area contributed by atoms with E-state index in [1.165, 1.54) is 16.7 Å². The lowest BCUT2D eigenvalue weighted by atomic mass is 9.79. The van der Waals surface area contributed by atoms with Crippen molar-refractivity contribution in [3.8, 4) is 0 Å². The zero-order valence-electron chi connectivity index (χ0n) is 12.3. The molecule has 0 aliphatic carbocycles. The SMILES string of the molecule is Cc1ccc(C)c(CN2CCC(C)(C(=N)N)CC2)c1. The highest BCUT2D eigenvalue weighted by Gasteiger charge is 2.32. The van der Waals surface area contributed by atoms with Gasteiger partial charge >= 0.3 is 0 Å². The summed E-state index contributed by atoms with van der Waals surface area (Å²) in [4.78, 5) is 2.48. The highest BCUT2D eigenvalue weighted by Crippen LogP contribution is 2.31. The van der Waals surface area contributed by atoms with Gasteiger partial charge in [0.15, 0.2) is 0 Å². The molecule has 0 unspecified atom stereocenters. The van der Waals surface area contributed by atoms with E-state index in [4.69, 9.17) is 11.1 Å². The van der Waals surface area contributed by atoms with Gasteiger partial charge in [0.1, 0.15) is 0 Å². The monoisotopic (exact) mass is 259 g/mol. The second-order valence-electron chi connectivity index (χ2n) is 6.18. The summed E-state index contributed by atoms with van der Waals surface area (Å²) in [6, 6.07) is 6.66. The molecule has 1 fully saturated rings. The van der Waals surface area contributed by atoms with Gasteiger partial charge in [-0.1, -0.05) is 30.7 Å². The molecule has 3 nitrogen and oxygen atoms in total. The molecule has 1 heterocycles. The van der Waals surface area contributed by atoms with Crippen molar-refractivity contribution in [3.05, 3.63) is 34.9 Å². The molecule has 19 heavy (non-hydrogen) atoms. The fourth-order valence-electron chi connectivity index (χ4n) is 2.69. The second-order valence-corrected chi connectivity index (χ2v) is 6.18.